The van der Waals surface area contributed by atoms with Crippen LogP contribution in [0.4, 0.5) is 0 Å². The fraction of sp³-hybridized carbons (Fsp3) is 1.00. The third kappa shape index (κ3) is 19.8. The molecule has 0 aromatic heterocycles. The molecule has 0 aliphatic rings. The minimum Gasteiger partial charge on any atom is -0.317 e. The zero-order valence-electron chi connectivity index (χ0n) is 15.3. The van der Waals surface area contributed by atoms with Crippen molar-refractivity contribution in [2.45, 2.75) is 65.2 Å². The molecule has 0 fully saturated rings. The van der Waals surface area contributed by atoms with Gasteiger partial charge in [-0.05, 0) is 84.5 Å². The van der Waals surface area contributed by atoms with E-state index in [1.54, 1.807) is 0 Å². The predicted molar refractivity (Wildman–Crippen MR) is 99.8 cm³/mol. The summed E-state index contributed by atoms with van der Waals surface area (Å²) in [6, 6.07) is 0. The molecule has 0 saturated heterocycles. The van der Waals surface area contributed by atoms with Gasteiger partial charge in [0.2, 0.25) is 0 Å². The van der Waals surface area contributed by atoms with Gasteiger partial charge in [-0.15, -0.1) is 0 Å². The Hall–Kier alpha value is -0.160. The molecule has 0 rings (SSSR count). The Morgan fingerprint density at radius 3 is 1.27 bits per heavy atom. The first kappa shape index (κ1) is 21.8. The number of hydrogen-bond donors (Lipinski definition) is 4. The van der Waals surface area contributed by atoms with E-state index in [9.17, 15) is 0 Å². The van der Waals surface area contributed by atoms with Crippen molar-refractivity contribution in [3.05, 3.63) is 0 Å². The average Bonchev–Trinajstić information content (AvgIpc) is 2.54. The zero-order chi connectivity index (χ0) is 16.1. The van der Waals surface area contributed by atoms with E-state index in [4.69, 9.17) is 0 Å². The smallest absolute Gasteiger partial charge is 0.00368 e. The molecular formula is C18H42N4. The summed E-state index contributed by atoms with van der Waals surface area (Å²) in [4.78, 5) is 0. The average molecular weight is 315 g/mol. The molecule has 4 nitrogen and oxygen atoms in total. The van der Waals surface area contributed by atoms with Crippen LogP contribution in [0.3, 0.4) is 0 Å². The van der Waals surface area contributed by atoms with Gasteiger partial charge >= 0.3 is 0 Å². The first-order valence-corrected chi connectivity index (χ1v) is 9.74. The van der Waals surface area contributed by atoms with Gasteiger partial charge in [-0.1, -0.05) is 33.1 Å². The maximum Gasteiger partial charge on any atom is -0.00368 e. The van der Waals surface area contributed by atoms with Crippen molar-refractivity contribution in [1.82, 2.24) is 21.3 Å². The molecule has 134 valence electrons. The molecule has 0 aliphatic carbocycles. The van der Waals surface area contributed by atoms with Crippen molar-refractivity contribution in [2.75, 3.05) is 52.4 Å². The molecule has 0 heterocycles. The zero-order valence-corrected chi connectivity index (χ0v) is 15.3. The molecule has 0 amide bonds. The van der Waals surface area contributed by atoms with Crippen LogP contribution in [0, 0.1) is 0 Å². The summed E-state index contributed by atoms with van der Waals surface area (Å²) < 4.78 is 0. The van der Waals surface area contributed by atoms with E-state index in [2.05, 4.69) is 35.1 Å². The van der Waals surface area contributed by atoms with Gasteiger partial charge in [0.15, 0.2) is 0 Å². The lowest BCUT2D eigenvalue weighted by Crippen LogP contribution is -2.25. The molecule has 0 atom stereocenters. The van der Waals surface area contributed by atoms with Crippen LogP contribution in [0.25, 0.3) is 0 Å². The molecule has 22 heavy (non-hydrogen) atoms. The summed E-state index contributed by atoms with van der Waals surface area (Å²) in [5.41, 5.74) is 0. The van der Waals surface area contributed by atoms with Gasteiger partial charge in [-0.2, -0.15) is 0 Å². The lowest BCUT2D eigenvalue weighted by Gasteiger charge is -2.07. The van der Waals surface area contributed by atoms with Gasteiger partial charge in [0, 0.05) is 0 Å². The highest BCUT2D eigenvalue weighted by Gasteiger charge is 1.92. The molecule has 4 N–H and O–H groups in total. The second kappa shape index (κ2) is 20.8. The molecule has 0 bridgehead atoms. The standard InChI is InChI=1S/C18H42N4/c1-3-5-6-7-12-20-17-11-18-22-14-9-8-13-21-16-10-15-19-4-2/h19-22H,3-18H2,1-2H3. The van der Waals surface area contributed by atoms with Crippen molar-refractivity contribution in [3.8, 4) is 0 Å². The summed E-state index contributed by atoms with van der Waals surface area (Å²) in [7, 11) is 0. The molecular weight excluding hydrogens is 272 g/mol. The van der Waals surface area contributed by atoms with Gasteiger partial charge in [-0.25, -0.2) is 0 Å². The summed E-state index contributed by atoms with van der Waals surface area (Å²) in [6.07, 6.45) is 10.5. The van der Waals surface area contributed by atoms with E-state index < -0.39 is 0 Å². The van der Waals surface area contributed by atoms with Gasteiger partial charge in [0.25, 0.3) is 0 Å². The molecule has 0 unspecified atom stereocenters. The Morgan fingerprint density at radius 1 is 0.409 bits per heavy atom. The second-order valence-corrected chi connectivity index (χ2v) is 6.08. The largest absolute Gasteiger partial charge is 0.317 e. The Labute approximate surface area is 139 Å². The Kier molecular flexibility index (Phi) is 20.7. The number of nitrogens with one attached hydrogen (secondary N) is 4. The van der Waals surface area contributed by atoms with Crippen LogP contribution in [0.5, 0.6) is 0 Å². The van der Waals surface area contributed by atoms with Gasteiger partial charge in [0.05, 0.1) is 0 Å². The van der Waals surface area contributed by atoms with E-state index in [0.29, 0.717) is 0 Å². The number of hydrogen-bond acceptors (Lipinski definition) is 4. The maximum absolute atomic E-state index is 3.54. The summed E-state index contributed by atoms with van der Waals surface area (Å²) in [5.74, 6) is 0. The lowest BCUT2D eigenvalue weighted by atomic mass is 10.2. The van der Waals surface area contributed by atoms with E-state index in [0.717, 1.165) is 45.8 Å². The first-order chi connectivity index (χ1) is 10.9. The Bertz CT molecular complexity index is 168. The van der Waals surface area contributed by atoms with Crippen molar-refractivity contribution in [3.63, 3.8) is 0 Å². The van der Waals surface area contributed by atoms with Crippen molar-refractivity contribution >= 4 is 0 Å². The summed E-state index contributed by atoms with van der Waals surface area (Å²) in [6.45, 7) is 13.6. The predicted octanol–water partition coefficient (Wildman–Crippen LogP) is 2.51. The normalized spacial score (nSPS) is 11.2. The maximum atomic E-state index is 3.54. The van der Waals surface area contributed by atoms with E-state index in [1.807, 2.05) is 0 Å². The fourth-order valence-electron chi connectivity index (χ4n) is 2.41. The highest BCUT2D eigenvalue weighted by Crippen LogP contribution is 1.96. The fourth-order valence-corrected chi connectivity index (χ4v) is 2.41. The van der Waals surface area contributed by atoms with Crippen LogP contribution in [0.1, 0.15) is 65.2 Å². The highest BCUT2D eigenvalue weighted by molar-refractivity contribution is 4.55. The lowest BCUT2D eigenvalue weighted by molar-refractivity contribution is 0.542. The molecule has 0 aromatic rings. The third-order valence-electron chi connectivity index (χ3n) is 3.83. The minimum atomic E-state index is 1.08. The molecule has 0 saturated carbocycles. The van der Waals surface area contributed by atoms with Gasteiger partial charge in [0.1, 0.15) is 0 Å². The van der Waals surface area contributed by atoms with Crippen LogP contribution >= 0.6 is 0 Å². The molecule has 4 heteroatoms. The molecule has 0 spiro atoms. The topological polar surface area (TPSA) is 48.1 Å². The number of unbranched alkanes of at least 4 members (excludes halogenated alkanes) is 4. The monoisotopic (exact) mass is 314 g/mol. The highest BCUT2D eigenvalue weighted by atomic mass is 14.9. The molecule has 0 radical (unpaired) electrons. The van der Waals surface area contributed by atoms with Crippen LogP contribution < -0.4 is 21.3 Å². The summed E-state index contributed by atoms with van der Waals surface area (Å²) in [5, 5.41) is 13.9. The van der Waals surface area contributed by atoms with Crippen LogP contribution in [-0.2, 0) is 0 Å². The Balaban J connectivity index is 2.91. The van der Waals surface area contributed by atoms with Crippen molar-refractivity contribution in [1.29, 1.82) is 0 Å². The van der Waals surface area contributed by atoms with E-state index >= 15 is 0 Å². The minimum absolute atomic E-state index is 1.08. The van der Waals surface area contributed by atoms with Crippen LogP contribution in [0.15, 0.2) is 0 Å². The van der Waals surface area contributed by atoms with Gasteiger partial charge < -0.3 is 21.3 Å². The first-order valence-electron chi connectivity index (χ1n) is 9.74. The van der Waals surface area contributed by atoms with Crippen LogP contribution in [-0.4, -0.2) is 52.4 Å². The van der Waals surface area contributed by atoms with Crippen molar-refractivity contribution in [2.24, 2.45) is 0 Å². The third-order valence-corrected chi connectivity index (χ3v) is 3.83. The second-order valence-electron chi connectivity index (χ2n) is 6.08. The van der Waals surface area contributed by atoms with E-state index in [1.165, 1.54) is 57.9 Å². The van der Waals surface area contributed by atoms with E-state index in [-0.39, 0.29) is 0 Å². The van der Waals surface area contributed by atoms with Gasteiger partial charge in [-0.3, -0.25) is 0 Å². The van der Waals surface area contributed by atoms with Crippen LogP contribution in [0.2, 0.25) is 0 Å². The SMILES string of the molecule is CCCCCCNCCCNCCCCNCCCNCC. The number of rotatable bonds is 19. The quantitative estimate of drug-likeness (QED) is 0.277. The Morgan fingerprint density at radius 2 is 0.818 bits per heavy atom. The molecule has 0 aromatic carbocycles. The van der Waals surface area contributed by atoms with Crippen molar-refractivity contribution < 1.29 is 0 Å². The summed E-state index contributed by atoms with van der Waals surface area (Å²) >= 11 is 0. The molecule has 0 aliphatic heterocycles.